The molecule has 5 aromatic rings. The molecular weight excluding hydrogens is 601 g/mol. The largest absolute Gasteiger partial charge is 0.497 e. The molecule has 8 nitrogen and oxygen atoms in total. The number of ether oxygens (including phenoxy) is 1. The summed E-state index contributed by atoms with van der Waals surface area (Å²) in [6, 6.07) is 24.5. The number of anilines is 1. The van der Waals surface area contributed by atoms with Gasteiger partial charge >= 0.3 is 0 Å². The molecule has 1 atom stereocenters. The highest BCUT2D eigenvalue weighted by molar-refractivity contribution is 8.00. The van der Waals surface area contributed by atoms with Crippen molar-refractivity contribution in [3.05, 3.63) is 125 Å². The van der Waals surface area contributed by atoms with Gasteiger partial charge in [-0.1, -0.05) is 41.9 Å². The standard InChI is InChI=1S/C33H27ClFN5O3S/c1-43-27-14-12-26(13-15-27)40-33-30(31(38-40)22-4-8-24(34)9-5-22)32(23-6-10-25(35)11-7-23)44-20-29(42)39(33)19-28(41)37-18-21-3-2-16-36-17-21/h2-17,32H,18-20H2,1H3,(H,37,41). The Morgan fingerprint density at radius 1 is 1.07 bits per heavy atom. The van der Waals surface area contributed by atoms with E-state index in [4.69, 9.17) is 21.4 Å². The van der Waals surface area contributed by atoms with Gasteiger partial charge in [-0.3, -0.25) is 19.5 Å². The molecule has 44 heavy (non-hydrogen) atoms. The van der Waals surface area contributed by atoms with Gasteiger partial charge in [0, 0.05) is 35.1 Å². The number of amides is 2. The van der Waals surface area contributed by atoms with Gasteiger partial charge < -0.3 is 10.1 Å². The Morgan fingerprint density at radius 2 is 1.82 bits per heavy atom. The van der Waals surface area contributed by atoms with E-state index in [1.54, 1.807) is 66.6 Å². The van der Waals surface area contributed by atoms with Gasteiger partial charge in [0.1, 0.15) is 23.9 Å². The van der Waals surface area contributed by atoms with E-state index in [0.29, 0.717) is 28.0 Å². The molecule has 3 aromatic carbocycles. The minimum atomic E-state index is -0.393. The summed E-state index contributed by atoms with van der Waals surface area (Å²) < 4.78 is 21.1. The van der Waals surface area contributed by atoms with E-state index in [1.165, 1.54) is 28.8 Å². The minimum Gasteiger partial charge on any atom is -0.497 e. The number of halogens is 2. The Kier molecular flexibility index (Phi) is 8.63. The van der Waals surface area contributed by atoms with Crippen LogP contribution in [0.3, 0.4) is 0 Å². The highest BCUT2D eigenvalue weighted by atomic mass is 35.5. The lowest BCUT2D eigenvalue weighted by molar-refractivity contribution is -0.123. The quantitative estimate of drug-likeness (QED) is 0.220. The second kappa shape index (κ2) is 12.9. The summed E-state index contributed by atoms with van der Waals surface area (Å²) in [6.07, 6.45) is 3.34. The molecule has 1 aliphatic rings. The lowest BCUT2D eigenvalue weighted by Crippen LogP contribution is -2.42. The molecule has 0 bridgehead atoms. The molecule has 1 aliphatic heterocycles. The van der Waals surface area contributed by atoms with Gasteiger partial charge in [0.15, 0.2) is 0 Å². The summed E-state index contributed by atoms with van der Waals surface area (Å²) in [5, 5.41) is 8.13. The molecule has 2 amide bonds. The number of hydrogen-bond donors (Lipinski definition) is 1. The highest BCUT2D eigenvalue weighted by Crippen LogP contribution is 2.48. The molecular formula is C33H27ClFN5O3S. The van der Waals surface area contributed by atoms with E-state index in [9.17, 15) is 14.0 Å². The van der Waals surface area contributed by atoms with Crippen LogP contribution in [0.4, 0.5) is 10.2 Å². The number of thioether (sulfide) groups is 1. The van der Waals surface area contributed by atoms with E-state index >= 15 is 0 Å². The molecule has 3 heterocycles. The number of carbonyl (C=O) groups is 2. The zero-order chi connectivity index (χ0) is 30.6. The zero-order valence-corrected chi connectivity index (χ0v) is 25.2. The summed E-state index contributed by atoms with van der Waals surface area (Å²) >= 11 is 7.64. The number of nitrogens with one attached hydrogen (secondary N) is 1. The number of carbonyl (C=O) groups excluding carboxylic acids is 2. The molecule has 222 valence electrons. The first-order valence-corrected chi connectivity index (χ1v) is 15.2. The smallest absolute Gasteiger partial charge is 0.240 e. The monoisotopic (exact) mass is 627 g/mol. The number of benzene rings is 3. The number of methoxy groups -OCH3 is 1. The third-order valence-corrected chi connectivity index (χ3v) is 8.72. The van der Waals surface area contributed by atoms with Crippen molar-refractivity contribution in [1.29, 1.82) is 0 Å². The second-order valence-corrected chi connectivity index (χ2v) is 11.6. The van der Waals surface area contributed by atoms with E-state index in [0.717, 1.165) is 22.3 Å². The normalized spacial score (nSPS) is 14.6. The SMILES string of the molecule is COc1ccc(-n2nc(-c3ccc(Cl)cc3)c3c2N(CC(=O)NCc2cccnc2)C(=O)CSC3c2ccc(F)cc2)cc1. The molecule has 11 heteroatoms. The van der Waals surface area contributed by atoms with Crippen molar-refractivity contribution in [3.63, 3.8) is 0 Å². The number of rotatable bonds is 8. The number of fused-ring (bicyclic) bond motifs is 1. The van der Waals surface area contributed by atoms with Crippen molar-refractivity contribution in [2.45, 2.75) is 11.8 Å². The first-order valence-electron chi connectivity index (χ1n) is 13.8. The lowest BCUT2D eigenvalue weighted by atomic mass is 9.99. The average molecular weight is 628 g/mol. The van der Waals surface area contributed by atoms with Crippen LogP contribution in [0.2, 0.25) is 5.02 Å². The lowest BCUT2D eigenvalue weighted by Gasteiger charge is -2.23. The minimum absolute atomic E-state index is 0.0925. The second-order valence-electron chi connectivity index (χ2n) is 10.1. The van der Waals surface area contributed by atoms with Crippen LogP contribution in [0.5, 0.6) is 5.75 Å². The van der Waals surface area contributed by atoms with Crippen LogP contribution in [0.25, 0.3) is 16.9 Å². The zero-order valence-electron chi connectivity index (χ0n) is 23.6. The summed E-state index contributed by atoms with van der Waals surface area (Å²) in [5.74, 6) is 0.259. The number of aromatic nitrogens is 3. The van der Waals surface area contributed by atoms with Gasteiger partial charge in [-0.05, 0) is 65.7 Å². The van der Waals surface area contributed by atoms with Crippen molar-refractivity contribution in [1.82, 2.24) is 20.1 Å². The van der Waals surface area contributed by atoms with Crippen LogP contribution in [0.1, 0.15) is 21.9 Å². The van der Waals surface area contributed by atoms with Crippen LogP contribution >= 0.6 is 23.4 Å². The number of nitrogens with zero attached hydrogens (tertiary/aromatic N) is 4. The van der Waals surface area contributed by atoms with Crippen LogP contribution in [0, 0.1) is 5.82 Å². The maximum Gasteiger partial charge on any atom is 0.240 e. The van der Waals surface area contributed by atoms with Crippen LogP contribution in [-0.4, -0.2) is 46.0 Å². The molecule has 0 spiro atoms. The van der Waals surface area contributed by atoms with Crippen molar-refractivity contribution >= 4 is 41.0 Å². The summed E-state index contributed by atoms with van der Waals surface area (Å²) in [4.78, 5) is 32.8. The molecule has 0 fully saturated rings. The molecule has 0 radical (unpaired) electrons. The molecule has 0 aliphatic carbocycles. The maximum absolute atomic E-state index is 14.0. The predicted molar refractivity (Wildman–Crippen MR) is 170 cm³/mol. The topological polar surface area (TPSA) is 89.3 Å². The average Bonchev–Trinajstić information content (AvgIpc) is 3.37. The van der Waals surface area contributed by atoms with Crippen LogP contribution in [-0.2, 0) is 16.1 Å². The fraction of sp³-hybridized carbons (Fsp3) is 0.152. The molecule has 1 unspecified atom stereocenters. The molecule has 0 saturated heterocycles. The Hall–Kier alpha value is -4.67. The van der Waals surface area contributed by atoms with Gasteiger partial charge in [0.2, 0.25) is 11.8 Å². The fourth-order valence-electron chi connectivity index (χ4n) is 5.05. The third-order valence-electron chi connectivity index (χ3n) is 7.21. The molecule has 2 aromatic heterocycles. The van der Waals surface area contributed by atoms with Crippen molar-refractivity contribution < 1.29 is 18.7 Å². The maximum atomic E-state index is 14.0. The van der Waals surface area contributed by atoms with E-state index in [2.05, 4.69) is 10.3 Å². The van der Waals surface area contributed by atoms with Gasteiger partial charge in [-0.25, -0.2) is 9.07 Å². The van der Waals surface area contributed by atoms with E-state index in [-0.39, 0.29) is 36.5 Å². The predicted octanol–water partition coefficient (Wildman–Crippen LogP) is 6.22. The molecule has 0 saturated carbocycles. The Labute approximate surface area is 262 Å². The summed E-state index contributed by atoms with van der Waals surface area (Å²) in [5.41, 5.74) is 4.43. The third kappa shape index (κ3) is 6.17. The first kappa shape index (κ1) is 29.4. The molecule has 1 N–H and O–H groups in total. The van der Waals surface area contributed by atoms with Crippen molar-refractivity contribution in [3.8, 4) is 22.7 Å². The number of pyridine rings is 1. The van der Waals surface area contributed by atoms with Gasteiger partial charge in [0.25, 0.3) is 0 Å². The van der Waals surface area contributed by atoms with E-state index < -0.39 is 5.25 Å². The first-order chi connectivity index (χ1) is 21.4. The van der Waals surface area contributed by atoms with Gasteiger partial charge in [-0.15, -0.1) is 11.8 Å². The fourth-order valence-corrected chi connectivity index (χ4v) is 6.37. The number of hydrogen-bond acceptors (Lipinski definition) is 6. The molecule has 6 rings (SSSR count). The summed E-state index contributed by atoms with van der Waals surface area (Å²) in [6.45, 7) is 0.0347. The van der Waals surface area contributed by atoms with Gasteiger partial charge in [0.05, 0.1) is 29.5 Å². The Bertz CT molecular complexity index is 1780. The van der Waals surface area contributed by atoms with Gasteiger partial charge in [-0.2, -0.15) is 5.10 Å². The van der Waals surface area contributed by atoms with E-state index in [1.807, 2.05) is 30.3 Å². The van der Waals surface area contributed by atoms with Crippen LogP contribution in [0.15, 0.2) is 97.3 Å². The van der Waals surface area contributed by atoms with Crippen molar-refractivity contribution in [2.75, 3.05) is 24.3 Å². The summed E-state index contributed by atoms with van der Waals surface area (Å²) in [7, 11) is 1.59. The Morgan fingerprint density at radius 3 is 2.50 bits per heavy atom. The highest BCUT2D eigenvalue weighted by Gasteiger charge is 2.37. The van der Waals surface area contributed by atoms with Crippen molar-refractivity contribution in [2.24, 2.45) is 0 Å². The van der Waals surface area contributed by atoms with Crippen LogP contribution < -0.4 is 15.0 Å². The Balaban J connectivity index is 1.52.